The first-order valence-electron chi connectivity index (χ1n) is 6.50. The molecule has 0 unspecified atom stereocenters. The fraction of sp³-hybridized carbons (Fsp3) is 0.0714. The third-order valence-electron chi connectivity index (χ3n) is 2.44. The van der Waals surface area contributed by atoms with Crippen LogP contribution in [0.5, 0.6) is 0 Å². The minimum absolute atomic E-state index is 0.0595. The molecule has 0 saturated heterocycles. The fourth-order valence-electron chi connectivity index (χ4n) is 1.55. The van der Waals surface area contributed by atoms with Crippen LogP contribution in [0.25, 0.3) is 0 Å². The first-order valence-corrected chi connectivity index (χ1v) is 5.00. The Morgan fingerprint density at radius 1 is 1.29 bits per heavy atom. The Bertz CT molecular complexity index is 668. The SMILES string of the molecule is [2H]C([2H])([2H])c1cccc(C(=O)c2cccc(F)c2)c1N. The van der Waals surface area contributed by atoms with Crippen molar-refractivity contribution in [2.75, 3.05) is 5.73 Å². The molecule has 2 N–H and O–H groups in total. The third-order valence-corrected chi connectivity index (χ3v) is 2.44. The van der Waals surface area contributed by atoms with E-state index in [0.29, 0.717) is 0 Å². The van der Waals surface area contributed by atoms with Crippen LogP contribution < -0.4 is 5.73 Å². The molecule has 0 bridgehead atoms. The van der Waals surface area contributed by atoms with Crippen LogP contribution in [0.3, 0.4) is 0 Å². The van der Waals surface area contributed by atoms with Gasteiger partial charge in [0.15, 0.2) is 5.78 Å². The molecule has 0 spiro atoms. The average molecular weight is 232 g/mol. The molecule has 3 heteroatoms. The predicted molar refractivity (Wildman–Crippen MR) is 65.4 cm³/mol. The molecule has 0 heterocycles. The van der Waals surface area contributed by atoms with E-state index in [9.17, 15) is 9.18 Å². The van der Waals surface area contributed by atoms with Crippen LogP contribution in [0.1, 0.15) is 25.6 Å². The Kier molecular flexibility index (Phi) is 2.06. The maximum Gasteiger partial charge on any atom is 0.195 e. The van der Waals surface area contributed by atoms with Crippen molar-refractivity contribution >= 4 is 11.5 Å². The van der Waals surface area contributed by atoms with Crippen LogP contribution >= 0.6 is 0 Å². The van der Waals surface area contributed by atoms with Gasteiger partial charge in [0.2, 0.25) is 0 Å². The number of hydrogen-bond donors (Lipinski definition) is 1. The van der Waals surface area contributed by atoms with Crippen molar-refractivity contribution < 1.29 is 13.3 Å². The molecule has 0 aliphatic heterocycles. The van der Waals surface area contributed by atoms with Gasteiger partial charge in [-0.2, -0.15) is 0 Å². The number of aryl methyl sites for hydroxylation is 1. The molecule has 2 aromatic rings. The molecule has 0 fully saturated rings. The molecule has 2 rings (SSSR count). The number of hydrogen-bond acceptors (Lipinski definition) is 2. The van der Waals surface area contributed by atoms with E-state index < -0.39 is 18.5 Å². The Morgan fingerprint density at radius 2 is 2.06 bits per heavy atom. The smallest absolute Gasteiger partial charge is 0.195 e. The van der Waals surface area contributed by atoms with Gasteiger partial charge in [0.05, 0.1) is 0 Å². The summed E-state index contributed by atoms with van der Waals surface area (Å²) in [5, 5.41) is 0. The summed E-state index contributed by atoms with van der Waals surface area (Å²) >= 11 is 0. The lowest BCUT2D eigenvalue weighted by Gasteiger charge is -2.07. The molecule has 2 nitrogen and oxygen atoms in total. The zero-order valence-corrected chi connectivity index (χ0v) is 8.91. The predicted octanol–water partition coefficient (Wildman–Crippen LogP) is 2.95. The fourth-order valence-corrected chi connectivity index (χ4v) is 1.55. The van der Waals surface area contributed by atoms with Crippen molar-refractivity contribution in [1.29, 1.82) is 0 Å². The Hall–Kier alpha value is -2.16. The number of anilines is 1. The minimum Gasteiger partial charge on any atom is -0.398 e. The number of carbonyl (C=O) groups excluding carboxylic acids is 1. The van der Waals surface area contributed by atoms with Gasteiger partial charge in [0, 0.05) is 20.9 Å². The summed E-state index contributed by atoms with van der Waals surface area (Å²) in [4.78, 5) is 12.3. The molecule has 0 aliphatic carbocycles. The zero-order valence-electron chi connectivity index (χ0n) is 11.9. The Morgan fingerprint density at radius 3 is 2.76 bits per heavy atom. The normalized spacial score (nSPS) is 13.6. The molecular weight excluding hydrogens is 217 g/mol. The van der Waals surface area contributed by atoms with Crippen molar-refractivity contribution in [3.8, 4) is 0 Å². The molecule has 0 amide bonds. The van der Waals surface area contributed by atoms with E-state index in [1.165, 1.54) is 36.4 Å². The molecule has 17 heavy (non-hydrogen) atoms. The average Bonchev–Trinajstić information content (AvgIpc) is 2.37. The second-order valence-electron chi connectivity index (χ2n) is 3.61. The molecular formula is C14H12FNO. The summed E-state index contributed by atoms with van der Waals surface area (Å²) in [5.41, 5.74) is 5.78. The Balaban J connectivity index is 2.51. The maximum absolute atomic E-state index is 13.1. The van der Waals surface area contributed by atoms with Gasteiger partial charge in [0.25, 0.3) is 0 Å². The van der Waals surface area contributed by atoms with E-state index in [1.54, 1.807) is 0 Å². The van der Waals surface area contributed by atoms with E-state index >= 15 is 0 Å². The number of benzene rings is 2. The van der Waals surface area contributed by atoms with Gasteiger partial charge in [-0.1, -0.05) is 24.3 Å². The molecule has 0 aliphatic rings. The number of carbonyl (C=O) groups is 1. The van der Waals surface area contributed by atoms with Gasteiger partial charge in [-0.3, -0.25) is 4.79 Å². The lowest BCUT2D eigenvalue weighted by Crippen LogP contribution is -2.06. The summed E-state index contributed by atoms with van der Waals surface area (Å²) in [6, 6.07) is 9.40. The van der Waals surface area contributed by atoms with Gasteiger partial charge in [0.1, 0.15) is 5.82 Å². The number of rotatable bonds is 2. The highest BCUT2D eigenvalue weighted by atomic mass is 19.1. The summed E-state index contributed by atoms with van der Waals surface area (Å²) in [6.45, 7) is -2.40. The lowest BCUT2D eigenvalue weighted by atomic mass is 9.99. The number of halogens is 1. The van der Waals surface area contributed by atoms with Gasteiger partial charge < -0.3 is 5.73 Å². The van der Waals surface area contributed by atoms with Gasteiger partial charge >= 0.3 is 0 Å². The van der Waals surface area contributed by atoms with Gasteiger partial charge in [-0.25, -0.2) is 4.39 Å². The quantitative estimate of drug-likeness (QED) is 0.639. The summed E-state index contributed by atoms with van der Waals surface area (Å²) < 4.78 is 35.3. The summed E-state index contributed by atoms with van der Waals surface area (Å²) in [5.74, 6) is -1.05. The van der Waals surface area contributed by atoms with Crippen LogP contribution in [0.15, 0.2) is 42.5 Å². The Labute approximate surface area is 103 Å². The standard InChI is InChI=1S/C14H12FNO/c1-9-4-2-7-12(13(9)16)14(17)10-5-3-6-11(15)8-10/h2-8H,16H2,1H3/i1D3. The molecule has 0 atom stereocenters. The second-order valence-corrected chi connectivity index (χ2v) is 3.61. The van der Waals surface area contributed by atoms with Crippen molar-refractivity contribution in [2.24, 2.45) is 0 Å². The highest BCUT2D eigenvalue weighted by Crippen LogP contribution is 2.20. The van der Waals surface area contributed by atoms with E-state index in [4.69, 9.17) is 9.85 Å². The van der Waals surface area contributed by atoms with Crippen LogP contribution in [-0.2, 0) is 0 Å². The number of nitrogens with two attached hydrogens (primary N) is 1. The summed E-state index contributed by atoms with van der Waals surface area (Å²) in [7, 11) is 0. The number of para-hydroxylation sites is 1. The van der Waals surface area contributed by atoms with E-state index in [0.717, 1.165) is 6.07 Å². The van der Waals surface area contributed by atoms with Crippen molar-refractivity contribution in [3.05, 3.63) is 65.0 Å². The lowest BCUT2D eigenvalue weighted by molar-refractivity contribution is 0.103. The van der Waals surface area contributed by atoms with Crippen LogP contribution in [0.2, 0.25) is 0 Å². The monoisotopic (exact) mass is 232 g/mol. The van der Waals surface area contributed by atoms with Crippen molar-refractivity contribution in [1.82, 2.24) is 0 Å². The summed E-state index contributed by atoms with van der Waals surface area (Å²) in [6.07, 6.45) is 0. The highest BCUT2D eigenvalue weighted by Gasteiger charge is 2.13. The van der Waals surface area contributed by atoms with Gasteiger partial charge in [-0.15, -0.1) is 0 Å². The van der Waals surface area contributed by atoms with Crippen LogP contribution in [0.4, 0.5) is 10.1 Å². The molecule has 0 saturated carbocycles. The first kappa shape index (κ1) is 8.01. The maximum atomic E-state index is 13.1. The number of ketones is 1. The van der Waals surface area contributed by atoms with E-state index in [-0.39, 0.29) is 22.4 Å². The molecule has 0 radical (unpaired) electrons. The van der Waals surface area contributed by atoms with Crippen molar-refractivity contribution in [2.45, 2.75) is 6.85 Å². The number of nitrogen functional groups attached to an aromatic ring is 1. The third kappa shape index (κ3) is 2.18. The molecule has 2 aromatic carbocycles. The molecule has 86 valence electrons. The second kappa shape index (κ2) is 4.37. The topological polar surface area (TPSA) is 43.1 Å². The minimum atomic E-state index is -2.40. The molecule has 0 aromatic heterocycles. The van der Waals surface area contributed by atoms with Crippen LogP contribution in [0, 0.1) is 12.7 Å². The van der Waals surface area contributed by atoms with E-state index in [2.05, 4.69) is 0 Å². The van der Waals surface area contributed by atoms with Gasteiger partial charge in [-0.05, 0) is 30.6 Å². The highest BCUT2D eigenvalue weighted by molar-refractivity contribution is 6.12. The van der Waals surface area contributed by atoms with E-state index in [1.807, 2.05) is 0 Å². The largest absolute Gasteiger partial charge is 0.398 e. The zero-order chi connectivity index (χ0) is 14.9. The van der Waals surface area contributed by atoms with Crippen molar-refractivity contribution in [3.63, 3.8) is 0 Å². The first-order chi connectivity index (χ1) is 9.30. The van der Waals surface area contributed by atoms with Crippen LogP contribution in [-0.4, -0.2) is 5.78 Å².